The molecule has 2 N–H and O–H groups in total. The molecule has 0 spiro atoms. The minimum Gasteiger partial charge on any atom is -0.348 e. The fourth-order valence-corrected chi connectivity index (χ4v) is 2.83. The van der Waals surface area contributed by atoms with Gasteiger partial charge in [0, 0.05) is 12.6 Å². The normalized spacial score (nSPS) is 22.0. The predicted molar refractivity (Wildman–Crippen MR) is 80.2 cm³/mol. The summed E-state index contributed by atoms with van der Waals surface area (Å²) in [6.07, 6.45) is 4.82. The van der Waals surface area contributed by atoms with Crippen LogP contribution in [0.15, 0.2) is 24.4 Å². The van der Waals surface area contributed by atoms with Crippen molar-refractivity contribution in [1.82, 2.24) is 15.6 Å². The highest BCUT2D eigenvalue weighted by Crippen LogP contribution is 2.22. The molecular formula is C16H25N3O. The molecule has 1 aromatic heterocycles. The van der Waals surface area contributed by atoms with Gasteiger partial charge in [0.05, 0.1) is 11.7 Å². The molecule has 2 heterocycles. The van der Waals surface area contributed by atoms with Crippen molar-refractivity contribution >= 4 is 5.91 Å². The highest BCUT2D eigenvalue weighted by Gasteiger charge is 2.22. The average Bonchev–Trinajstić information content (AvgIpc) is 2.49. The minimum absolute atomic E-state index is 0.0274. The lowest BCUT2D eigenvalue weighted by atomic mass is 9.85. The molecule has 2 unspecified atom stereocenters. The van der Waals surface area contributed by atoms with Crippen molar-refractivity contribution in [3.63, 3.8) is 0 Å². The first-order valence-electron chi connectivity index (χ1n) is 7.58. The zero-order valence-corrected chi connectivity index (χ0v) is 12.4. The van der Waals surface area contributed by atoms with Gasteiger partial charge in [0.25, 0.3) is 0 Å². The van der Waals surface area contributed by atoms with Crippen LogP contribution in [0.5, 0.6) is 0 Å². The van der Waals surface area contributed by atoms with Crippen molar-refractivity contribution in [3.8, 4) is 0 Å². The molecule has 0 radical (unpaired) electrons. The number of hydrogen-bond acceptors (Lipinski definition) is 3. The summed E-state index contributed by atoms with van der Waals surface area (Å²) in [6.45, 7) is 6.33. The van der Waals surface area contributed by atoms with Crippen LogP contribution >= 0.6 is 0 Å². The van der Waals surface area contributed by atoms with Gasteiger partial charge >= 0.3 is 0 Å². The number of nitrogens with zero attached hydrogens (tertiary/aromatic N) is 1. The Morgan fingerprint density at radius 3 is 3.00 bits per heavy atom. The minimum atomic E-state index is -0.0274. The summed E-state index contributed by atoms with van der Waals surface area (Å²) in [5, 5.41) is 6.46. The zero-order chi connectivity index (χ0) is 14.4. The van der Waals surface area contributed by atoms with Crippen molar-refractivity contribution in [2.75, 3.05) is 13.1 Å². The highest BCUT2D eigenvalue weighted by molar-refractivity contribution is 5.76. The van der Waals surface area contributed by atoms with E-state index in [2.05, 4.69) is 22.5 Å². The molecule has 1 fully saturated rings. The van der Waals surface area contributed by atoms with Crippen molar-refractivity contribution in [1.29, 1.82) is 0 Å². The third-order valence-corrected chi connectivity index (χ3v) is 4.16. The van der Waals surface area contributed by atoms with Gasteiger partial charge in [-0.1, -0.05) is 13.0 Å². The Morgan fingerprint density at radius 2 is 2.35 bits per heavy atom. The van der Waals surface area contributed by atoms with Gasteiger partial charge in [0.15, 0.2) is 0 Å². The maximum atomic E-state index is 12.1. The number of pyridine rings is 1. The monoisotopic (exact) mass is 275 g/mol. The first-order chi connectivity index (χ1) is 9.66. The van der Waals surface area contributed by atoms with E-state index >= 15 is 0 Å². The average molecular weight is 275 g/mol. The summed E-state index contributed by atoms with van der Waals surface area (Å²) in [6, 6.07) is 5.75. The summed E-state index contributed by atoms with van der Waals surface area (Å²) in [4.78, 5) is 16.4. The van der Waals surface area contributed by atoms with Crippen LogP contribution in [0.4, 0.5) is 0 Å². The second-order valence-electron chi connectivity index (χ2n) is 5.83. The molecular weight excluding hydrogens is 250 g/mol. The largest absolute Gasteiger partial charge is 0.348 e. The smallest absolute Gasteiger partial charge is 0.220 e. The third-order valence-electron chi connectivity index (χ3n) is 4.16. The maximum absolute atomic E-state index is 12.1. The molecule has 3 atom stereocenters. The Labute approximate surface area is 121 Å². The van der Waals surface area contributed by atoms with E-state index in [-0.39, 0.29) is 11.9 Å². The van der Waals surface area contributed by atoms with E-state index in [1.165, 1.54) is 12.8 Å². The maximum Gasteiger partial charge on any atom is 0.220 e. The summed E-state index contributed by atoms with van der Waals surface area (Å²) in [5.74, 6) is 1.18. The first kappa shape index (κ1) is 15.0. The van der Waals surface area contributed by atoms with E-state index in [1.807, 2.05) is 25.1 Å². The number of amides is 1. The molecule has 4 heteroatoms. The second kappa shape index (κ2) is 7.39. The fraction of sp³-hybridized carbons (Fsp3) is 0.625. The van der Waals surface area contributed by atoms with Crippen LogP contribution < -0.4 is 10.6 Å². The van der Waals surface area contributed by atoms with E-state index in [0.717, 1.165) is 18.8 Å². The number of carbonyl (C=O) groups excluding carboxylic acids is 1. The molecule has 0 aliphatic carbocycles. The molecule has 2 rings (SSSR count). The Morgan fingerprint density at radius 1 is 1.50 bits per heavy atom. The van der Waals surface area contributed by atoms with Crippen LogP contribution in [0, 0.1) is 11.8 Å². The molecule has 1 saturated heterocycles. The number of aromatic nitrogens is 1. The molecule has 4 nitrogen and oxygen atoms in total. The molecule has 1 aliphatic heterocycles. The van der Waals surface area contributed by atoms with Crippen LogP contribution in [-0.4, -0.2) is 24.0 Å². The zero-order valence-electron chi connectivity index (χ0n) is 12.4. The van der Waals surface area contributed by atoms with Gasteiger partial charge < -0.3 is 10.6 Å². The quantitative estimate of drug-likeness (QED) is 0.867. The Kier molecular flexibility index (Phi) is 5.53. The Bertz CT molecular complexity index is 415. The van der Waals surface area contributed by atoms with E-state index in [0.29, 0.717) is 18.3 Å². The van der Waals surface area contributed by atoms with Gasteiger partial charge in [-0.3, -0.25) is 9.78 Å². The fourth-order valence-electron chi connectivity index (χ4n) is 2.83. The number of rotatable bonds is 5. The van der Waals surface area contributed by atoms with Gasteiger partial charge in [-0.15, -0.1) is 0 Å². The van der Waals surface area contributed by atoms with Gasteiger partial charge in [0.1, 0.15) is 0 Å². The summed E-state index contributed by atoms with van der Waals surface area (Å²) >= 11 is 0. The summed E-state index contributed by atoms with van der Waals surface area (Å²) in [7, 11) is 0. The second-order valence-corrected chi connectivity index (χ2v) is 5.83. The molecule has 0 bridgehead atoms. The van der Waals surface area contributed by atoms with Gasteiger partial charge in [-0.2, -0.15) is 0 Å². The third kappa shape index (κ3) is 4.30. The molecule has 1 aliphatic rings. The van der Waals surface area contributed by atoms with Crippen LogP contribution in [0.1, 0.15) is 44.8 Å². The van der Waals surface area contributed by atoms with Crippen molar-refractivity contribution in [3.05, 3.63) is 30.1 Å². The van der Waals surface area contributed by atoms with Crippen LogP contribution in [-0.2, 0) is 4.79 Å². The molecule has 20 heavy (non-hydrogen) atoms. The number of hydrogen-bond donors (Lipinski definition) is 2. The Hall–Kier alpha value is -1.42. The lowest BCUT2D eigenvalue weighted by Crippen LogP contribution is -2.36. The van der Waals surface area contributed by atoms with Crippen molar-refractivity contribution in [2.24, 2.45) is 11.8 Å². The lowest BCUT2D eigenvalue weighted by molar-refractivity contribution is -0.123. The van der Waals surface area contributed by atoms with Gasteiger partial charge in [-0.05, 0) is 56.8 Å². The lowest BCUT2D eigenvalue weighted by Gasteiger charge is -2.28. The molecule has 1 aromatic rings. The molecule has 1 amide bonds. The van der Waals surface area contributed by atoms with E-state index in [9.17, 15) is 4.79 Å². The summed E-state index contributed by atoms with van der Waals surface area (Å²) < 4.78 is 0. The Balaban J connectivity index is 1.79. The van der Waals surface area contributed by atoms with E-state index < -0.39 is 0 Å². The molecule has 0 saturated carbocycles. The molecule has 110 valence electrons. The van der Waals surface area contributed by atoms with Crippen LogP contribution in [0.2, 0.25) is 0 Å². The van der Waals surface area contributed by atoms with Gasteiger partial charge in [-0.25, -0.2) is 0 Å². The van der Waals surface area contributed by atoms with E-state index in [4.69, 9.17) is 0 Å². The van der Waals surface area contributed by atoms with Crippen LogP contribution in [0.3, 0.4) is 0 Å². The van der Waals surface area contributed by atoms with Crippen molar-refractivity contribution in [2.45, 2.75) is 39.2 Å². The van der Waals surface area contributed by atoms with Gasteiger partial charge in [0.2, 0.25) is 5.91 Å². The van der Waals surface area contributed by atoms with Crippen LogP contribution in [0.25, 0.3) is 0 Å². The highest BCUT2D eigenvalue weighted by atomic mass is 16.1. The SMILES string of the molecule is CC(CC(=O)N[C@H](C)c1ccccn1)C1CCCNC1. The number of nitrogens with one attached hydrogen (secondary N) is 2. The number of piperidine rings is 1. The summed E-state index contributed by atoms with van der Waals surface area (Å²) in [5.41, 5.74) is 0.910. The number of carbonyl (C=O) groups is 1. The van der Waals surface area contributed by atoms with E-state index in [1.54, 1.807) is 6.20 Å². The first-order valence-corrected chi connectivity index (χ1v) is 7.58. The predicted octanol–water partition coefficient (Wildman–Crippen LogP) is 2.28. The molecule has 0 aromatic carbocycles. The standard InChI is InChI=1S/C16H25N3O/c1-12(14-6-5-8-17-11-14)10-16(20)19-13(2)15-7-3-4-9-18-15/h3-4,7,9,12-14,17H,5-6,8,10-11H2,1-2H3,(H,19,20)/t12?,13-,14?/m1/s1. The topological polar surface area (TPSA) is 54.0 Å². The van der Waals surface area contributed by atoms with Crippen molar-refractivity contribution < 1.29 is 4.79 Å².